The molecule has 0 atom stereocenters. The molecule has 8 heteroatoms. The molecule has 7 nitrogen and oxygen atoms in total. The third-order valence-electron chi connectivity index (χ3n) is 4.69. The Hall–Kier alpha value is -3.36. The molecule has 0 amide bonds. The number of primary sulfonamides is 1. The Kier molecular flexibility index (Phi) is 4.73. The third kappa shape index (κ3) is 3.67. The highest BCUT2D eigenvalue weighted by Crippen LogP contribution is 2.31. The van der Waals surface area contributed by atoms with Crippen LogP contribution in [0.4, 0.5) is 11.4 Å². The van der Waals surface area contributed by atoms with E-state index in [9.17, 15) is 8.42 Å². The molecule has 1 heterocycles. The van der Waals surface area contributed by atoms with Gasteiger partial charge in [-0.2, -0.15) is 5.10 Å². The van der Waals surface area contributed by atoms with E-state index in [-0.39, 0.29) is 4.90 Å². The van der Waals surface area contributed by atoms with Gasteiger partial charge in [0, 0.05) is 5.39 Å². The number of aromatic nitrogens is 2. The molecule has 0 saturated carbocycles. The maximum Gasteiger partial charge on any atom is 0.238 e. The van der Waals surface area contributed by atoms with E-state index in [1.165, 1.54) is 12.1 Å². The van der Waals surface area contributed by atoms with E-state index >= 15 is 0 Å². The fourth-order valence-electron chi connectivity index (χ4n) is 3.21. The highest BCUT2D eigenvalue weighted by atomic mass is 32.2. The molecule has 4 aromatic rings. The van der Waals surface area contributed by atoms with Crippen molar-refractivity contribution in [2.24, 2.45) is 15.4 Å². The molecule has 0 spiro atoms. The fourth-order valence-corrected chi connectivity index (χ4v) is 3.72. The molecule has 0 aliphatic carbocycles. The zero-order chi connectivity index (χ0) is 20.6. The number of aryl methyl sites for hydroxylation is 1. The second-order valence-corrected chi connectivity index (χ2v) is 8.23. The predicted molar refractivity (Wildman–Crippen MR) is 113 cm³/mol. The topological polar surface area (TPSA) is 103 Å². The summed E-state index contributed by atoms with van der Waals surface area (Å²) in [4.78, 5) is 0.0543. The van der Waals surface area contributed by atoms with Crippen molar-refractivity contribution < 1.29 is 8.42 Å². The number of nitrogens with zero attached hydrogens (tertiary/aromatic N) is 4. The molecular formula is C21H19N5O2S. The molecule has 3 aromatic carbocycles. The van der Waals surface area contributed by atoms with Crippen molar-refractivity contribution in [2.75, 3.05) is 0 Å². The molecule has 29 heavy (non-hydrogen) atoms. The summed E-state index contributed by atoms with van der Waals surface area (Å²) < 4.78 is 24.6. The zero-order valence-electron chi connectivity index (χ0n) is 15.9. The Labute approximate surface area is 168 Å². The molecule has 0 fully saturated rings. The monoisotopic (exact) mass is 405 g/mol. The van der Waals surface area contributed by atoms with Crippen LogP contribution in [0.2, 0.25) is 0 Å². The SMILES string of the molecule is Cc1nn(-c2ccc(S(N)(=O)=O)cc2)c(C)c1N=Nc1cccc2ccccc12. The van der Waals surface area contributed by atoms with E-state index in [2.05, 4.69) is 15.3 Å². The van der Waals surface area contributed by atoms with Gasteiger partial charge < -0.3 is 0 Å². The Balaban J connectivity index is 1.71. The molecule has 1 aromatic heterocycles. The standard InChI is InChI=1S/C21H19N5O2S/c1-14-21(24-23-20-9-5-7-16-6-3-4-8-19(16)20)15(2)26(25-14)17-10-12-18(13-11-17)29(22,27)28/h3-13H,1-2H3,(H2,22,27,28). The van der Waals surface area contributed by atoms with E-state index in [1.54, 1.807) is 16.8 Å². The van der Waals surface area contributed by atoms with Crippen LogP contribution in [0.5, 0.6) is 0 Å². The molecule has 4 rings (SSSR count). The summed E-state index contributed by atoms with van der Waals surface area (Å²) in [5, 5.41) is 20.7. The minimum Gasteiger partial charge on any atom is -0.236 e. The van der Waals surface area contributed by atoms with Crippen molar-refractivity contribution in [3.05, 3.63) is 78.1 Å². The minimum absolute atomic E-state index is 0.0543. The van der Waals surface area contributed by atoms with Crippen molar-refractivity contribution in [2.45, 2.75) is 18.7 Å². The van der Waals surface area contributed by atoms with E-state index in [0.29, 0.717) is 11.4 Å². The fraction of sp³-hybridized carbons (Fsp3) is 0.0952. The summed E-state index contributed by atoms with van der Waals surface area (Å²) in [6.07, 6.45) is 0. The number of hydrogen-bond acceptors (Lipinski definition) is 5. The van der Waals surface area contributed by atoms with Crippen LogP contribution >= 0.6 is 0 Å². The number of rotatable bonds is 4. The van der Waals surface area contributed by atoms with Gasteiger partial charge in [0.15, 0.2) is 0 Å². The minimum atomic E-state index is -3.74. The van der Waals surface area contributed by atoms with Crippen LogP contribution in [-0.2, 0) is 10.0 Å². The van der Waals surface area contributed by atoms with E-state index in [4.69, 9.17) is 5.14 Å². The van der Waals surface area contributed by atoms with Crippen molar-refractivity contribution in [1.82, 2.24) is 9.78 Å². The van der Waals surface area contributed by atoms with Crippen LogP contribution in [0.3, 0.4) is 0 Å². The molecular weight excluding hydrogens is 386 g/mol. The quantitative estimate of drug-likeness (QED) is 0.497. The van der Waals surface area contributed by atoms with Gasteiger partial charge in [-0.05, 0) is 49.6 Å². The maximum absolute atomic E-state index is 11.4. The Morgan fingerprint density at radius 2 is 1.59 bits per heavy atom. The van der Waals surface area contributed by atoms with Gasteiger partial charge in [0.2, 0.25) is 10.0 Å². The normalized spacial score (nSPS) is 12.1. The average molecular weight is 405 g/mol. The van der Waals surface area contributed by atoms with Gasteiger partial charge in [0.1, 0.15) is 5.69 Å². The molecule has 0 aliphatic heterocycles. The average Bonchev–Trinajstić information content (AvgIpc) is 2.99. The smallest absolute Gasteiger partial charge is 0.236 e. The van der Waals surface area contributed by atoms with Gasteiger partial charge in [-0.25, -0.2) is 18.2 Å². The summed E-state index contributed by atoms with van der Waals surface area (Å²) in [5.41, 5.74) is 3.70. The van der Waals surface area contributed by atoms with E-state index in [0.717, 1.165) is 27.8 Å². The number of fused-ring (bicyclic) bond motifs is 1. The van der Waals surface area contributed by atoms with Crippen LogP contribution in [-0.4, -0.2) is 18.2 Å². The summed E-state index contributed by atoms with van der Waals surface area (Å²) in [7, 11) is -3.74. The van der Waals surface area contributed by atoms with Gasteiger partial charge in [0.25, 0.3) is 0 Å². The number of azo groups is 1. The molecule has 146 valence electrons. The Morgan fingerprint density at radius 1 is 0.897 bits per heavy atom. The van der Waals surface area contributed by atoms with E-state index in [1.807, 2.05) is 56.3 Å². The van der Waals surface area contributed by atoms with Gasteiger partial charge in [-0.15, -0.1) is 10.2 Å². The predicted octanol–water partition coefficient (Wildman–Crippen LogP) is 4.71. The van der Waals surface area contributed by atoms with Crippen LogP contribution in [0.1, 0.15) is 11.4 Å². The van der Waals surface area contributed by atoms with Crippen LogP contribution in [0, 0.1) is 13.8 Å². The summed E-state index contributed by atoms with van der Waals surface area (Å²) in [5.74, 6) is 0. The number of hydrogen-bond donors (Lipinski definition) is 1. The lowest BCUT2D eigenvalue weighted by molar-refractivity contribution is 0.598. The Morgan fingerprint density at radius 3 is 2.31 bits per heavy atom. The highest BCUT2D eigenvalue weighted by Gasteiger charge is 2.14. The lowest BCUT2D eigenvalue weighted by Gasteiger charge is -2.05. The number of benzene rings is 3. The molecule has 0 radical (unpaired) electrons. The largest absolute Gasteiger partial charge is 0.238 e. The molecule has 0 saturated heterocycles. The van der Waals surface area contributed by atoms with Crippen molar-refractivity contribution in [3.8, 4) is 5.69 Å². The maximum atomic E-state index is 11.4. The molecule has 0 aliphatic rings. The van der Waals surface area contributed by atoms with E-state index < -0.39 is 10.0 Å². The van der Waals surface area contributed by atoms with Gasteiger partial charge in [0.05, 0.1) is 27.7 Å². The number of sulfonamides is 1. The van der Waals surface area contributed by atoms with Gasteiger partial charge in [-0.1, -0.05) is 36.4 Å². The van der Waals surface area contributed by atoms with Gasteiger partial charge in [-0.3, -0.25) is 0 Å². The lowest BCUT2D eigenvalue weighted by Crippen LogP contribution is -2.12. The third-order valence-corrected chi connectivity index (χ3v) is 5.62. The van der Waals surface area contributed by atoms with Crippen molar-refractivity contribution in [3.63, 3.8) is 0 Å². The zero-order valence-corrected chi connectivity index (χ0v) is 16.8. The Bertz CT molecular complexity index is 1330. The van der Waals surface area contributed by atoms with Crippen LogP contribution < -0.4 is 5.14 Å². The lowest BCUT2D eigenvalue weighted by atomic mass is 10.1. The highest BCUT2D eigenvalue weighted by molar-refractivity contribution is 7.89. The van der Waals surface area contributed by atoms with Crippen LogP contribution in [0.25, 0.3) is 16.5 Å². The second-order valence-electron chi connectivity index (χ2n) is 6.67. The summed E-state index contributed by atoms with van der Waals surface area (Å²) in [6.45, 7) is 3.75. The van der Waals surface area contributed by atoms with Crippen molar-refractivity contribution >= 4 is 32.2 Å². The number of nitrogens with two attached hydrogens (primary N) is 1. The van der Waals surface area contributed by atoms with Crippen LogP contribution in [0.15, 0.2) is 81.9 Å². The first-order valence-electron chi connectivity index (χ1n) is 8.93. The molecule has 0 bridgehead atoms. The molecule has 2 N–H and O–H groups in total. The first-order chi connectivity index (χ1) is 13.8. The summed E-state index contributed by atoms with van der Waals surface area (Å²) >= 11 is 0. The second kappa shape index (κ2) is 7.23. The first-order valence-corrected chi connectivity index (χ1v) is 10.5. The van der Waals surface area contributed by atoms with Crippen molar-refractivity contribution in [1.29, 1.82) is 0 Å². The molecule has 0 unspecified atom stereocenters. The summed E-state index contributed by atoms with van der Waals surface area (Å²) in [6, 6.07) is 20.2. The van der Waals surface area contributed by atoms with Gasteiger partial charge >= 0.3 is 0 Å². The first kappa shape index (κ1) is 19.0.